The van der Waals surface area contributed by atoms with E-state index in [-0.39, 0.29) is 0 Å². The molecule has 0 aliphatic heterocycles. The van der Waals surface area contributed by atoms with Crippen LogP contribution in [0.2, 0.25) is 0 Å². The Bertz CT molecular complexity index is 379. The standard InChI is InChI=1S/C11H17N3OS/c1-8-9(13-7-14-10(8)15-2)12-6-11(16-3)4-5-11/h7H,4-6H2,1-3H3,(H,12,13,14). The van der Waals surface area contributed by atoms with Crippen molar-refractivity contribution >= 4 is 17.6 Å². The van der Waals surface area contributed by atoms with Crippen molar-refractivity contribution in [2.45, 2.75) is 24.5 Å². The van der Waals surface area contributed by atoms with Gasteiger partial charge in [-0.05, 0) is 26.0 Å². The van der Waals surface area contributed by atoms with Gasteiger partial charge in [0.05, 0.1) is 12.7 Å². The quantitative estimate of drug-likeness (QED) is 0.852. The molecule has 1 aromatic heterocycles. The van der Waals surface area contributed by atoms with Gasteiger partial charge in [-0.1, -0.05) is 0 Å². The van der Waals surface area contributed by atoms with E-state index in [9.17, 15) is 0 Å². The molecule has 0 amide bonds. The summed E-state index contributed by atoms with van der Waals surface area (Å²) in [4.78, 5) is 8.30. The maximum absolute atomic E-state index is 5.16. The van der Waals surface area contributed by atoms with Gasteiger partial charge in [0.2, 0.25) is 5.88 Å². The summed E-state index contributed by atoms with van der Waals surface area (Å²) in [5.41, 5.74) is 0.974. The Kier molecular flexibility index (Phi) is 3.23. The van der Waals surface area contributed by atoms with Gasteiger partial charge in [0.15, 0.2) is 0 Å². The number of nitrogens with one attached hydrogen (secondary N) is 1. The van der Waals surface area contributed by atoms with Crippen molar-refractivity contribution in [1.29, 1.82) is 0 Å². The maximum Gasteiger partial charge on any atom is 0.221 e. The summed E-state index contributed by atoms with van der Waals surface area (Å²) in [7, 11) is 1.63. The van der Waals surface area contributed by atoms with Crippen LogP contribution in [0.3, 0.4) is 0 Å². The van der Waals surface area contributed by atoms with Gasteiger partial charge in [0.25, 0.3) is 0 Å². The maximum atomic E-state index is 5.16. The van der Waals surface area contributed by atoms with Crippen LogP contribution in [0.15, 0.2) is 6.33 Å². The minimum atomic E-state index is 0.435. The Morgan fingerprint density at radius 1 is 1.50 bits per heavy atom. The first-order chi connectivity index (χ1) is 7.71. The van der Waals surface area contributed by atoms with Gasteiger partial charge < -0.3 is 10.1 Å². The molecule has 0 radical (unpaired) electrons. The summed E-state index contributed by atoms with van der Waals surface area (Å²) in [5.74, 6) is 1.53. The average molecular weight is 239 g/mol. The third-order valence-electron chi connectivity index (χ3n) is 3.05. The first-order valence-electron chi connectivity index (χ1n) is 5.35. The van der Waals surface area contributed by atoms with Gasteiger partial charge in [0, 0.05) is 11.3 Å². The van der Waals surface area contributed by atoms with Crippen molar-refractivity contribution in [3.8, 4) is 5.88 Å². The third kappa shape index (κ3) is 2.24. The number of ether oxygens (including phenoxy) is 1. The molecule has 88 valence electrons. The van der Waals surface area contributed by atoms with Gasteiger partial charge in [-0.3, -0.25) is 0 Å². The highest BCUT2D eigenvalue weighted by atomic mass is 32.2. The molecule has 1 aromatic rings. The van der Waals surface area contributed by atoms with Crippen molar-refractivity contribution < 1.29 is 4.74 Å². The van der Waals surface area contributed by atoms with Gasteiger partial charge in [-0.15, -0.1) is 0 Å². The monoisotopic (exact) mass is 239 g/mol. The van der Waals surface area contributed by atoms with E-state index in [1.165, 1.54) is 19.2 Å². The number of thioether (sulfide) groups is 1. The minimum absolute atomic E-state index is 0.435. The van der Waals surface area contributed by atoms with Crippen molar-refractivity contribution in [3.05, 3.63) is 11.9 Å². The number of hydrogen-bond donors (Lipinski definition) is 1. The minimum Gasteiger partial charge on any atom is -0.481 e. The van der Waals surface area contributed by atoms with Gasteiger partial charge in [0.1, 0.15) is 12.1 Å². The normalized spacial score (nSPS) is 16.9. The molecule has 0 spiro atoms. The zero-order chi connectivity index (χ0) is 11.6. The molecule has 1 heterocycles. The zero-order valence-electron chi connectivity index (χ0n) is 9.91. The Balaban J connectivity index is 2.04. The van der Waals surface area contributed by atoms with Gasteiger partial charge >= 0.3 is 0 Å². The molecular formula is C11H17N3OS. The molecule has 0 aromatic carbocycles. The molecule has 16 heavy (non-hydrogen) atoms. The second-order valence-corrected chi connectivity index (χ2v) is 5.37. The predicted molar refractivity (Wildman–Crippen MR) is 67.3 cm³/mol. The summed E-state index contributed by atoms with van der Waals surface area (Å²) in [6, 6.07) is 0. The molecule has 1 aliphatic rings. The summed E-state index contributed by atoms with van der Waals surface area (Å²) in [6.45, 7) is 2.94. The Hall–Kier alpha value is -0.970. The fourth-order valence-corrected chi connectivity index (χ4v) is 2.38. The van der Waals surface area contributed by atoms with E-state index in [1.807, 2.05) is 18.7 Å². The Labute approximate surface area is 100 Å². The first-order valence-corrected chi connectivity index (χ1v) is 6.58. The SMILES string of the molecule is COc1ncnc(NCC2(SC)CC2)c1C. The summed E-state index contributed by atoms with van der Waals surface area (Å²) in [5, 5.41) is 3.39. The van der Waals surface area contributed by atoms with E-state index in [4.69, 9.17) is 4.74 Å². The summed E-state index contributed by atoms with van der Waals surface area (Å²) in [6.07, 6.45) is 6.29. The lowest BCUT2D eigenvalue weighted by Gasteiger charge is -2.15. The molecule has 0 saturated heterocycles. The highest BCUT2D eigenvalue weighted by Crippen LogP contribution is 2.47. The van der Waals surface area contributed by atoms with Crippen LogP contribution in [0, 0.1) is 6.92 Å². The molecule has 0 atom stereocenters. The third-order valence-corrected chi connectivity index (χ3v) is 4.47. The van der Waals surface area contributed by atoms with E-state index in [0.717, 1.165) is 17.9 Å². The van der Waals surface area contributed by atoms with Crippen LogP contribution in [-0.2, 0) is 0 Å². The van der Waals surface area contributed by atoms with Crippen molar-refractivity contribution in [2.75, 3.05) is 25.2 Å². The fraction of sp³-hybridized carbons (Fsp3) is 0.636. The van der Waals surface area contributed by atoms with E-state index in [1.54, 1.807) is 7.11 Å². The highest BCUT2D eigenvalue weighted by molar-refractivity contribution is 8.00. The van der Waals surface area contributed by atoms with Crippen LogP contribution >= 0.6 is 11.8 Å². The number of rotatable bonds is 5. The van der Waals surface area contributed by atoms with Gasteiger partial charge in [-0.25, -0.2) is 9.97 Å². The summed E-state index contributed by atoms with van der Waals surface area (Å²) >= 11 is 1.94. The van der Waals surface area contributed by atoms with Crippen LogP contribution in [-0.4, -0.2) is 34.6 Å². The van der Waals surface area contributed by atoms with Crippen LogP contribution in [0.5, 0.6) is 5.88 Å². The molecule has 1 N–H and O–H groups in total. The van der Waals surface area contributed by atoms with Gasteiger partial charge in [-0.2, -0.15) is 11.8 Å². The van der Waals surface area contributed by atoms with Crippen LogP contribution < -0.4 is 10.1 Å². The van der Waals surface area contributed by atoms with Crippen molar-refractivity contribution in [3.63, 3.8) is 0 Å². The molecule has 1 aliphatic carbocycles. The molecule has 0 bridgehead atoms. The lowest BCUT2D eigenvalue weighted by Crippen LogP contribution is -2.18. The molecule has 1 fully saturated rings. The lowest BCUT2D eigenvalue weighted by atomic mass is 10.3. The molecule has 2 rings (SSSR count). The average Bonchev–Trinajstić information content (AvgIpc) is 3.08. The van der Waals surface area contributed by atoms with Crippen LogP contribution in [0.25, 0.3) is 0 Å². The molecule has 5 heteroatoms. The Morgan fingerprint density at radius 2 is 2.25 bits per heavy atom. The zero-order valence-corrected chi connectivity index (χ0v) is 10.7. The van der Waals surface area contributed by atoms with Crippen molar-refractivity contribution in [1.82, 2.24) is 9.97 Å². The Morgan fingerprint density at radius 3 is 2.81 bits per heavy atom. The lowest BCUT2D eigenvalue weighted by molar-refractivity contribution is 0.393. The topological polar surface area (TPSA) is 47.0 Å². The second-order valence-electron chi connectivity index (χ2n) is 4.10. The number of aromatic nitrogens is 2. The van der Waals surface area contributed by atoms with E-state index >= 15 is 0 Å². The van der Waals surface area contributed by atoms with E-state index < -0.39 is 0 Å². The second kappa shape index (κ2) is 4.49. The van der Waals surface area contributed by atoms with Crippen LogP contribution in [0.4, 0.5) is 5.82 Å². The number of anilines is 1. The summed E-state index contributed by atoms with van der Waals surface area (Å²) < 4.78 is 5.60. The highest BCUT2D eigenvalue weighted by Gasteiger charge is 2.41. The number of methoxy groups -OCH3 is 1. The first kappa shape index (κ1) is 11.5. The fourth-order valence-electron chi connectivity index (χ4n) is 1.66. The largest absolute Gasteiger partial charge is 0.481 e. The number of hydrogen-bond acceptors (Lipinski definition) is 5. The predicted octanol–water partition coefficient (Wildman–Crippen LogP) is 2.10. The molecular weight excluding hydrogens is 222 g/mol. The van der Waals surface area contributed by atoms with E-state index in [2.05, 4.69) is 21.5 Å². The smallest absolute Gasteiger partial charge is 0.221 e. The molecule has 4 nitrogen and oxygen atoms in total. The molecule has 1 saturated carbocycles. The number of nitrogens with zero attached hydrogens (tertiary/aromatic N) is 2. The van der Waals surface area contributed by atoms with Crippen LogP contribution in [0.1, 0.15) is 18.4 Å². The van der Waals surface area contributed by atoms with Crippen molar-refractivity contribution in [2.24, 2.45) is 0 Å². The molecule has 0 unspecified atom stereocenters. The van der Waals surface area contributed by atoms with E-state index in [0.29, 0.717) is 10.6 Å².